The normalized spacial score (nSPS) is 22.0. The maximum atomic E-state index is 14.4. The number of halogens is 2. The van der Waals surface area contributed by atoms with Crippen LogP contribution < -0.4 is 4.72 Å². The number of carboxylic acids is 1. The van der Waals surface area contributed by atoms with E-state index in [0.717, 1.165) is 11.1 Å². The zero-order valence-electron chi connectivity index (χ0n) is 23.2. The first kappa shape index (κ1) is 31.0. The zero-order chi connectivity index (χ0) is 29.9. The number of aryl methyl sites for hydroxylation is 1. The first-order valence-electron chi connectivity index (χ1n) is 13.5. The Bertz CT molecular complexity index is 1530. The van der Waals surface area contributed by atoms with Crippen LogP contribution in [0.4, 0.5) is 0 Å². The van der Waals surface area contributed by atoms with E-state index in [-0.39, 0.29) is 36.1 Å². The molecule has 0 aliphatic carbocycles. The summed E-state index contributed by atoms with van der Waals surface area (Å²) in [5, 5.41) is 10.9. The van der Waals surface area contributed by atoms with Crippen molar-refractivity contribution in [3.8, 4) is 0 Å². The van der Waals surface area contributed by atoms with Crippen molar-refractivity contribution < 1.29 is 23.1 Å². The number of aliphatic carboxylic acids is 1. The fourth-order valence-electron chi connectivity index (χ4n) is 5.86. The summed E-state index contributed by atoms with van der Waals surface area (Å²) in [4.78, 5) is 28.2. The van der Waals surface area contributed by atoms with Crippen LogP contribution in [0.25, 0.3) is 0 Å². The van der Waals surface area contributed by atoms with Gasteiger partial charge < -0.3 is 10.0 Å². The minimum absolute atomic E-state index is 0.0472. The van der Waals surface area contributed by atoms with Crippen LogP contribution in [-0.4, -0.2) is 42.9 Å². The second-order valence-corrected chi connectivity index (χ2v) is 13.5. The molecule has 0 bridgehead atoms. The van der Waals surface area contributed by atoms with Crippen LogP contribution in [-0.2, 0) is 19.6 Å². The van der Waals surface area contributed by atoms with Crippen LogP contribution in [0.1, 0.15) is 61.8 Å². The summed E-state index contributed by atoms with van der Waals surface area (Å²) in [6.45, 7) is 5.24. The number of carbonyl (C=O) groups is 2. The fourth-order valence-corrected chi connectivity index (χ4v) is 7.50. The van der Waals surface area contributed by atoms with Crippen molar-refractivity contribution in [2.45, 2.75) is 62.9 Å². The van der Waals surface area contributed by atoms with Crippen molar-refractivity contribution >= 4 is 45.1 Å². The lowest BCUT2D eigenvalue weighted by atomic mass is 9.67. The Kier molecular flexibility index (Phi) is 9.49. The molecule has 4 rings (SSSR count). The SMILES string of the molecule is CCC(CNS(=O)(=O)c1ccccc1C)N1C(=O)[C@@](C)(CC(=O)O)C[C@H](c2cccc(Cl)c2)[C@H]1c1ccc(Cl)cc1. The van der Waals surface area contributed by atoms with E-state index in [4.69, 9.17) is 23.2 Å². The molecular formula is C31H34Cl2N2O5S. The molecule has 1 aliphatic heterocycles. The number of amides is 1. The van der Waals surface area contributed by atoms with Gasteiger partial charge in [0.05, 0.1) is 22.8 Å². The number of hydrogen-bond donors (Lipinski definition) is 2. The Labute approximate surface area is 251 Å². The van der Waals surface area contributed by atoms with Crippen molar-refractivity contribution in [1.29, 1.82) is 0 Å². The summed E-state index contributed by atoms with van der Waals surface area (Å²) in [6, 6.07) is 20.2. The average Bonchev–Trinajstić information content (AvgIpc) is 2.91. The second kappa shape index (κ2) is 12.5. The van der Waals surface area contributed by atoms with E-state index in [9.17, 15) is 23.1 Å². The molecule has 4 atom stereocenters. The molecule has 1 amide bonds. The van der Waals surface area contributed by atoms with Gasteiger partial charge in [-0.1, -0.05) is 79.5 Å². The lowest BCUT2D eigenvalue weighted by Crippen LogP contribution is -2.58. The van der Waals surface area contributed by atoms with Gasteiger partial charge in [-0.3, -0.25) is 9.59 Å². The number of nitrogens with zero attached hydrogens (tertiary/aromatic N) is 1. The van der Waals surface area contributed by atoms with Crippen molar-refractivity contribution in [2.75, 3.05) is 6.54 Å². The number of carboxylic acid groups (broad SMARTS) is 1. The predicted molar refractivity (Wildman–Crippen MR) is 161 cm³/mol. The summed E-state index contributed by atoms with van der Waals surface area (Å²) in [5.41, 5.74) is 1.05. The first-order chi connectivity index (χ1) is 19.4. The molecular weight excluding hydrogens is 583 g/mol. The molecule has 1 fully saturated rings. The van der Waals surface area contributed by atoms with Gasteiger partial charge in [0.2, 0.25) is 15.9 Å². The molecule has 218 valence electrons. The Morgan fingerprint density at radius 3 is 2.34 bits per heavy atom. The van der Waals surface area contributed by atoms with Gasteiger partial charge in [-0.05, 0) is 66.8 Å². The van der Waals surface area contributed by atoms with Gasteiger partial charge in [0.25, 0.3) is 0 Å². The standard InChI is InChI=1S/C31H34Cl2N2O5S/c1-4-25(19-34-41(39,40)27-11-6-5-8-20(27)2)35-29(21-12-14-23(32)15-13-21)26(22-9-7-10-24(33)16-22)17-31(3,30(35)38)18-28(36)37/h5-16,25-26,29,34H,4,17-19H2,1-3H3,(H,36,37)/t25?,26-,29-,31-/m1/s1. The van der Waals surface area contributed by atoms with Crippen molar-refractivity contribution in [2.24, 2.45) is 5.41 Å². The molecule has 41 heavy (non-hydrogen) atoms. The maximum Gasteiger partial charge on any atom is 0.304 e. The summed E-state index contributed by atoms with van der Waals surface area (Å²) in [5.74, 6) is -1.73. The predicted octanol–water partition coefficient (Wildman–Crippen LogP) is 6.60. The summed E-state index contributed by atoms with van der Waals surface area (Å²) in [6.07, 6.45) is 0.337. The van der Waals surface area contributed by atoms with Crippen LogP contribution in [0.2, 0.25) is 10.0 Å². The van der Waals surface area contributed by atoms with Gasteiger partial charge in [-0.2, -0.15) is 0 Å². The smallest absolute Gasteiger partial charge is 0.304 e. The molecule has 3 aromatic rings. The average molecular weight is 618 g/mol. The highest BCUT2D eigenvalue weighted by molar-refractivity contribution is 7.89. The van der Waals surface area contributed by atoms with Gasteiger partial charge in [-0.25, -0.2) is 13.1 Å². The number of hydrogen-bond acceptors (Lipinski definition) is 4. The lowest BCUT2D eigenvalue weighted by Gasteiger charge is -2.52. The molecule has 1 heterocycles. The van der Waals surface area contributed by atoms with Gasteiger partial charge in [0.1, 0.15) is 0 Å². The van der Waals surface area contributed by atoms with Gasteiger partial charge >= 0.3 is 5.97 Å². The van der Waals surface area contributed by atoms with Crippen molar-refractivity contribution in [3.05, 3.63) is 99.5 Å². The summed E-state index contributed by atoms with van der Waals surface area (Å²) < 4.78 is 29.3. The van der Waals surface area contributed by atoms with Crippen LogP contribution in [0.5, 0.6) is 0 Å². The van der Waals surface area contributed by atoms with E-state index in [1.54, 1.807) is 61.2 Å². The monoisotopic (exact) mass is 616 g/mol. The van der Waals surface area contributed by atoms with Crippen molar-refractivity contribution in [3.63, 3.8) is 0 Å². The van der Waals surface area contributed by atoms with Crippen LogP contribution in [0.3, 0.4) is 0 Å². The topological polar surface area (TPSA) is 104 Å². The third-order valence-corrected chi connectivity index (χ3v) is 9.96. The second-order valence-electron chi connectivity index (χ2n) is 10.9. The highest BCUT2D eigenvalue weighted by Crippen LogP contribution is 2.52. The lowest BCUT2D eigenvalue weighted by molar-refractivity contribution is -0.160. The summed E-state index contributed by atoms with van der Waals surface area (Å²) >= 11 is 12.6. The van der Waals surface area contributed by atoms with Crippen LogP contribution in [0, 0.1) is 12.3 Å². The molecule has 0 saturated carbocycles. The minimum Gasteiger partial charge on any atom is -0.481 e. The van der Waals surface area contributed by atoms with Crippen LogP contribution >= 0.6 is 23.2 Å². The Hall–Kier alpha value is -2.91. The molecule has 3 aromatic carbocycles. The molecule has 7 nitrogen and oxygen atoms in total. The highest BCUT2D eigenvalue weighted by atomic mass is 35.5. The number of benzene rings is 3. The molecule has 1 unspecified atom stereocenters. The first-order valence-corrected chi connectivity index (χ1v) is 15.7. The van der Waals surface area contributed by atoms with E-state index in [0.29, 0.717) is 22.0 Å². The number of likely N-dealkylation sites (tertiary alicyclic amines) is 1. The van der Waals surface area contributed by atoms with Crippen molar-refractivity contribution in [1.82, 2.24) is 9.62 Å². The molecule has 1 saturated heterocycles. The maximum absolute atomic E-state index is 14.4. The third kappa shape index (κ3) is 6.78. The van der Waals surface area contributed by atoms with Crippen LogP contribution in [0.15, 0.2) is 77.7 Å². The van der Waals surface area contributed by atoms with E-state index in [2.05, 4.69) is 4.72 Å². The number of nitrogens with one attached hydrogen (secondary N) is 1. The minimum atomic E-state index is -3.88. The number of carbonyl (C=O) groups excluding carboxylic acids is 1. The third-order valence-electron chi connectivity index (χ3n) is 7.89. The van der Waals surface area contributed by atoms with E-state index in [1.165, 1.54) is 0 Å². The quantitative estimate of drug-likeness (QED) is 0.267. The van der Waals surface area contributed by atoms with Gasteiger partial charge in [0, 0.05) is 28.5 Å². The molecule has 10 heteroatoms. The van der Waals surface area contributed by atoms with E-state index >= 15 is 0 Å². The fraction of sp³-hybridized carbons (Fsp3) is 0.355. The Balaban J connectivity index is 1.83. The summed E-state index contributed by atoms with van der Waals surface area (Å²) in [7, 11) is -3.88. The van der Waals surface area contributed by atoms with E-state index < -0.39 is 33.5 Å². The largest absolute Gasteiger partial charge is 0.481 e. The molecule has 2 N–H and O–H groups in total. The molecule has 0 radical (unpaired) electrons. The number of sulfonamides is 1. The Morgan fingerprint density at radius 1 is 1.05 bits per heavy atom. The molecule has 1 aliphatic rings. The van der Waals surface area contributed by atoms with E-state index in [1.807, 2.05) is 37.3 Å². The zero-order valence-corrected chi connectivity index (χ0v) is 25.5. The van der Waals surface area contributed by atoms with Gasteiger partial charge in [0.15, 0.2) is 0 Å². The highest BCUT2D eigenvalue weighted by Gasteiger charge is 2.52. The molecule has 0 aromatic heterocycles. The molecule has 0 spiro atoms. The van der Waals surface area contributed by atoms with Gasteiger partial charge in [-0.15, -0.1) is 0 Å². The number of rotatable bonds is 10. The Morgan fingerprint density at radius 2 is 1.73 bits per heavy atom. The number of piperidine rings is 1.